The third kappa shape index (κ3) is 4.35. The number of pyridine rings is 1. The molecule has 0 bridgehead atoms. The summed E-state index contributed by atoms with van der Waals surface area (Å²) in [6.07, 6.45) is 2.25. The fraction of sp³-hybridized carbons (Fsp3) is 0.478. The van der Waals surface area contributed by atoms with E-state index in [0.717, 1.165) is 40.1 Å². The van der Waals surface area contributed by atoms with Crippen molar-refractivity contribution < 1.29 is 14.3 Å². The molecule has 1 N–H and O–H groups in total. The molecule has 0 spiro atoms. The SMILES string of the molecule is COC(=O)CC(NC(=O)c1cc(C2CC2)nc2c1c(C)nn2C(C)(C)C)c1cccs1. The van der Waals surface area contributed by atoms with Gasteiger partial charge in [-0.15, -0.1) is 11.3 Å². The molecule has 3 aromatic heterocycles. The largest absolute Gasteiger partial charge is 0.469 e. The lowest BCUT2D eigenvalue weighted by Crippen LogP contribution is -2.30. The van der Waals surface area contributed by atoms with E-state index in [2.05, 4.69) is 26.1 Å². The maximum atomic E-state index is 13.5. The Morgan fingerprint density at radius 3 is 2.68 bits per heavy atom. The number of aryl methyl sites for hydroxylation is 1. The zero-order valence-electron chi connectivity index (χ0n) is 18.6. The number of nitrogens with one attached hydrogen (secondary N) is 1. The van der Waals surface area contributed by atoms with Crippen LogP contribution in [0.3, 0.4) is 0 Å². The molecule has 1 unspecified atom stereocenters. The summed E-state index contributed by atoms with van der Waals surface area (Å²) in [4.78, 5) is 31.3. The van der Waals surface area contributed by atoms with Gasteiger partial charge in [0.2, 0.25) is 0 Å². The Hall–Kier alpha value is -2.74. The number of aromatic nitrogens is 3. The zero-order valence-corrected chi connectivity index (χ0v) is 19.4. The van der Waals surface area contributed by atoms with Crippen LogP contribution in [0.1, 0.15) is 78.6 Å². The predicted octanol–water partition coefficient (Wildman–Crippen LogP) is 4.47. The van der Waals surface area contributed by atoms with Crippen molar-refractivity contribution in [2.45, 2.75) is 64.5 Å². The minimum atomic E-state index is -0.453. The van der Waals surface area contributed by atoms with E-state index >= 15 is 0 Å². The summed E-state index contributed by atoms with van der Waals surface area (Å²) in [5, 5.41) is 10.5. The van der Waals surface area contributed by atoms with E-state index < -0.39 is 6.04 Å². The van der Waals surface area contributed by atoms with Gasteiger partial charge in [0.15, 0.2) is 5.65 Å². The second kappa shape index (κ2) is 8.07. The molecule has 3 heterocycles. The van der Waals surface area contributed by atoms with Gasteiger partial charge in [-0.2, -0.15) is 5.10 Å². The van der Waals surface area contributed by atoms with Gasteiger partial charge in [0, 0.05) is 16.5 Å². The molecule has 0 aromatic carbocycles. The van der Waals surface area contributed by atoms with Crippen molar-refractivity contribution >= 4 is 34.2 Å². The molecule has 1 aliphatic rings. The van der Waals surface area contributed by atoms with Crippen molar-refractivity contribution in [1.29, 1.82) is 0 Å². The Kier molecular flexibility index (Phi) is 5.60. The molecule has 3 aromatic rings. The number of hydrogen-bond acceptors (Lipinski definition) is 6. The standard InChI is InChI=1S/C23H28N4O3S/c1-13-20-15(22(29)25-17(12-19(28)30-5)18-7-6-10-31-18)11-16(14-8-9-14)24-21(20)27(26-13)23(2,3)4/h6-7,10-11,14,17H,8-9,12H2,1-5H3,(H,25,29). The fourth-order valence-electron chi connectivity index (χ4n) is 3.74. The van der Waals surface area contributed by atoms with Crippen LogP contribution in [-0.2, 0) is 15.1 Å². The number of ether oxygens (including phenoxy) is 1. The maximum absolute atomic E-state index is 13.5. The number of nitrogens with zero attached hydrogens (tertiary/aromatic N) is 3. The van der Waals surface area contributed by atoms with Crippen LogP contribution in [0.25, 0.3) is 11.0 Å². The second-order valence-corrected chi connectivity index (χ2v) is 10.0. The van der Waals surface area contributed by atoms with Crippen LogP contribution in [0.15, 0.2) is 23.6 Å². The fourth-order valence-corrected chi connectivity index (χ4v) is 4.52. The first-order valence-corrected chi connectivity index (χ1v) is 11.4. The zero-order chi connectivity index (χ0) is 22.3. The van der Waals surface area contributed by atoms with Gasteiger partial charge >= 0.3 is 5.97 Å². The van der Waals surface area contributed by atoms with Gasteiger partial charge in [0.1, 0.15) is 0 Å². The lowest BCUT2D eigenvalue weighted by Gasteiger charge is -2.20. The van der Waals surface area contributed by atoms with Crippen LogP contribution in [0.5, 0.6) is 0 Å². The summed E-state index contributed by atoms with van der Waals surface area (Å²) in [6, 6.07) is 5.27. The highest BCUT2D eigenvalue weighted by molar-refractivity contribution is 7.10. The van der Waals surface area contributed by atoms with Crippen molar-refractivity contribution in [2.24, 2.45) is 0 Å². The molecular formula is C23H28N4O3S. The number of esters is 1. The summed E-state index contributed by atoms with van der Waals surface area (Å²) in [7, 11) is 1.36. The molecule has 31 heavy (non-hydrogen) atoms. The van der Waals surface area contributed by atoms with Crippen LogP contribution in [0.4, 0.5) is 0 Å². The molecule has 1 saturated carbocycles. The Bertz CT molecular complexity index is 1120. The summed E-state index contributed by atoms with van der Waals surface area (Å²) in [5.41, 5.74) is 2.74. The third-order valence-electron chi connectivity index (χ3n) is 5.50. The molecule has 0 aliphatic heterocycles. The quantitative estimate of drug-likeness (QED) is 0.572. The number of carbonyl (C=O) groups excluding carboxylic acids is 2. The number of fused-ring (bicyclic) bond motifs is 1. The average Bonchev–Trinajstić information content (AvgIpc) is 3.31. The van der Waals surface area contributed by atoms with Gasteiger partial charge in [-0.05, 0) is 58.0 Å². The molecule has 4 rings (SSSR count). The van der Waals surface area contributed by atoms with Crippen LogP contribution < -0.4 is 5.32 Å². The number of hydrogen-bond donors (Lipinski definition) is 1. The van der Waals surface area contributed by atoms with E-state index in [1.165, 1.54) is 18.4 Å². The van der Waals surface area contributed by atoms with E-state index in [1.807, 2.05) is 35.2 Å². The molecule has 0 saturated heterocycles. The first-order valence-electron chi connectivity index (χ1n) is 10.5. The molecule has 7 nitrogen and oxygen atoms in total. The summed E-state index contributed by atoms with van der Waals surface area (Å²) in [6.45, 7) is 8.14. The topological polar surface area (TPSA) is 86.1 Å². The van der Waals surface area contributed by atoms with Gasteiger partial charge in [-0.25, -0.2) is 9.67 Å². The van der Waals surface area contributed by atoms with Crippen molar-refractivity contribution in [3.8, 4) is 0 Å². The van der Waals surface area contributed by atoms with E-state index in [1.54, 1.807) is 0 Å². The lowest BCUT2D eigenvalue weighted by atomic mass is 10.0. The third-order valence-corrected chi connectivity index (χ3v) is 6.48. The number of methoxy groups -OCH3 is 1. The minimum Gasteiger partial charge on any atom is -0.469 e. The molecule has 164 valence electrons. The Morgan fingerprint density at radius 1 is 1.35 bits per heavy atom. The number of rotatable bonds is 6. The van der Waals surface area contributed by atoms with E-state index in [0.29, 0.717) is 11.5 Å². The average molecular weight is 441 g/mol. The first kappa shape index (κ1) is 21.5. The van der Waals surface area contributed by atoms with Crippen molar-refractivity contribution in [1.82, 2.24) is 20.1 Å². The molecule has 1 aliphatic carbocycles. The summed E-state index contributed by atoms with van der Waals surface area (Å²) >= 11 is 1.50. The van der Waals surface area contributed by atoms with Gasteiger partial charge in [0.25, 0.3) is 5.91 Å². The highest BCUT2D eigenvalue weighted by atomic mass is 32.1. The van der Waals surface area contributed by atoms with Crippen LogP contribution in [-0.4, -0.2) is 33.8 Å². The Balaban J connectivity index is 1.78. The van der Waals surface area contributed by atoms with E-state index in [9.17, 15) is 9.59 Å². The van der Waals surface area contributed by atoms with Crippen LogP contribution >= 0.6 is 11.3 Å². The highest BCUT2D eigenvalue weighted by Gasteiger charge is 2.31. The second-order valence-electron chi connectivity index (χ2n) is 9.06. The van der Waals surface area contributed by atoms with Crippen molar-refractivity contribution in [2.75, 3.05) is 7.11 Å². The van der Waals surface area contributed by atoms with E-state index in [4.69, 9.17) is 14.8 Å². The van der Waals surface area contributed by atoms with Crippen molar-refractivity contribution in [3.63, 3.8) is 0 Å². The molecule has 8 heteroatoms. The van der Waals surface area contributed by atoms with Gasteiger partial charge in [0.05, 0.1) is 41.8 Å². The molecule has 1 amide bonds. The normalized spacial score (nSPS) is 15.1. The molecule has 1 atom stereocenters. The van der Waals surface area contributed by atoms with Crippen LogP contribution in [0.2, 0.25) is 0 Å². The first-order chi connectivity index (χ1) is 14.7. The number of carbonyl (C=O) groups is 2. The highest BCUT2D eigenvalue weighted by Crippen LogP contribution is 2.41. The minimum absolute atomic E-state index is 0.0761. The number of thiophene rings is 1. The Morgan fingerprint density at radius 2 is 2.10 bits per heavy atom. The van der Waals surface area contributed by atoms with E-state index in [-0.39, 0.29) is 23.8 Å². The monoisotopic (exact) mass is 440 g/mol. The van der Waals surface area contributed by atoms with Gasteiger partial charge in [-0.3, -0.25) is 9.59 Å². The van der Waals surface area contributed by atoms with Crippen LogP contribution in [0, 0.1) is 6.92 Å². The summed E-state index contributed by atoms with van der Waals surface area (Å²) < 4.78 is 6.75. The van der Waals surface area contributed by atoms with Crippen molar-refractivity contribution in [3.05, 3.63) is 45.4 Å². The Labute approximate surface area is 185 Å². The van der Waals surface area contributed by atoms with Gasteiger partial charge in [-0.1, -0.05) is 6.07 Å². The molecular weight excluding hydrogens is 412 g/mol. The van der Waals surface area contributed by atoms with Gasteiger partial charge < -0.3 is 10.1 Å². The molecule has 1 fully saturated rings. The summed E-state index contributed by atoms with van der Waals surface area (Å²) in [5.74, 6) is -0.204. The lowest BCUT2D eigenvalue weighted by molar-refractivity contribution is -0.141. The molecule has 0 radical (unpaired) electrons. The predicted molar refractivity (Wildman–Crippen MR) is 120 cm³/mol. The maximum Gasteiger partial charge on any atom is 0.307 e. The number of amides is 1. The smallest absolute Gasteiger partial charge is 0.307 e.